The number of non-ortho nitro benzene ring substituents is 1. The van der Waals surface area contributed by atoms with Gasteiger partial charge in [-0.3, -0.25) is 14.9 Å². The average Bonchev–Trinajstić information content (AvgIpc) is 2.53. The van der Waals surface area contributed by atoms with Crippen molar-refractivity contribution < 1.29 is 19.2 Å². The molecule has 1 aromatic rings. The summed E-state index contributed by atoms with van der Waals surface area (Å²) in [6.45, 7) is 6.80. The average molecular weight is 342 g/mol. The van der Waals surface area contributed by atoms with Crippen LogP contribution in [0.4, 0.5) is 5.69 Å². The van der Waals surface area contributed by atoms with E-state index in [9.17, 15) is 14.9 Å². The maximum absolute atomic E-state index is 12.1. The maximum Gasteiger partial charge on any atom is 0.269 e. The van der Waals surface area contributed by atoms with Gasteiger partial charge in [-0.2, -0.15) is 0 Å². The van der Waals surface area contributed by atoms with Crippen molar-refractivity contribution >= 4 is 23.4 Å². The fraction of sp³-hybridized carbons (Fsp3) is 0.533. The van der Waals surface area contributed by atoms with Crippen molar-refractivity contribution in [1.29, 1.82) is 0 Å². The molecule has 0 bridgehead atoms. The predicted molar refractivity (Wildman–Crippen MR) is 88.5 cm³/mol. The number of carbonyl (C=O) groups excluding carboxylic acids is 1. The Hall–Kier alpha value is -1.64. The van der Waals surface area contributed by atoms with Crippen molar-refractivity contribution in [3.8, 4) is 0 Å². The molecule has 1 atom stereocenters. The van der Waals surface area contributed by atoms with E-state index in [0.717, 1.165) is 4.90 Å². The summed E-state index contributed by atoms with van der Waals surface area (Å²) in [5.74, 6) is -0.141. The van der Waals surface area contributed by atoms with E-state index in [1.54, 1.807) is 19.1 Å². The molecule has 0 fully saturated rings. The highest BCUT2D eigenvalue weighted by molar-refractivity contribution is 8.00. The summed E-state index contributed by atoms with van der Waals surface area (Å²) in [4.78, 5) is 23.0. The number of nitro benzene ring substituents is 1. The van der Waals surface area contributed by atoms with Gasteiger partial charge >= 0.3 is 0 Å². The SMILES string of the molecule is CCOC(CNC(=O)[C@@H](C)Sc1ccc([N+](=O)[O-])cc1)OCC. The van der Waals surface area contributed by atoms with E-state index in [0.29, 0.717) is 13.2 Å². The summed E-state index contributed by atoms with van der Waals surface area (Å²) in [5, 5.41) is 13.1. The fourth-order valence-corrected chi connectivity index (χ4v) is 2.66. The van der Waals surface area contributed by atoms with Gasteiger partial charge in [-0.05, 0) is 32.9 Å². The molecule has 8 heteroatoms. The normalized spacial score (nSPS) is 12.2. The van der Waals surface area contributed by atoms with E-state index in [1.165, 1.54) is 23.9 Å². The van der Waals surface area contributed by atoms with Gasteiger partial charge in [0.1, 0.15) is 0 Å². The van der Waals surface area contributed by atoms with Crippen molar-refractivity contribution in [2.75, 3.05) is 19.8 Å². The highest BCUT2D eigenvalue weighted by Crippen LogP contribution is 2.25. The zero-order valence-electron chi connectivity index (χ0n) is 13.5. The standard InChI is InChI=1S/C15H22N2O5S/c1-4-21-14(22-5-2)10-16-15(18)11(3)23-13-8-6-12(7-9-13)17(19)20/h6-9,11,14H,4-5,10H2,1-3H3,(H,16,18)/t11-/m1/s1. The van der Waals surface area contributed by atoms with Crippen molar-refractivity contribution in [3.05, 3.63) is 34.4 Å². The van der Waals surface area contributed by atoms with E-state index >= 15 is 0 Å². The quantitative estimate of drug-likeness (QED) is 0.304. The van der Waals surface area contributed by atoms with Crippen LogP contribution in [0.5, 0.6) is 0 Å². The highest BCUT2D eigenvalue weighted by Gasteiger charge is 2.17. The number of nitrogens with zero attached hydrogens (tertiary/aromatic N) is 1. The highest BCUT2D eigenvalue weighted by atomic mass is 32.2. The molecule has 1 N–H and O–H groups in total. The molecule has 0 aliphatic rings. The second kappa shape index (κ2) is 10.2. The largest absolute Gasteiger partial charge is 0.351 e. The van der Waals surface area contributed by atoms with E-state index in [-0.39, 0.29) is 23.4 Å². The van der Waals surface area contributed by atoms with Crippen LogP contribution in [0.25, 0.3) is 0 Å². The molecule has 0 unspecified atom stereocenters. The molecule has 0 heterocycles. The smallest absolute Gasteiger partial charge is 0.269 e. The third-order valence-electron chi connectivity index (χ3n) is 2.88. The van der Waals surface area contributed by atoms with Crippen molar-refractivity contribution in [2.24, 2.45) is 0 Å². The second-order valence-electron chi connectivity index (χ2n) is 4.60. The van der Waals surface area contributed by atoms with Gasteiger partial charge in [0.25, 0.3) is 5.69 Å². The summed E-state index contributed by atoms with van der Waals surface area (Å²) >= 11 is 1.33. The van der Waals surface area contributed by atoms with Crippen LogP contribution in [0.1, 0.15) is 20.8 Å². The number of ether oxygens (including phenoxy) is 2. The number of amides is 1. The van der Waals surface area contributed by atoms with Crippen LogP contribution in [-0.2, 0) is 14.3 Å². The van der Waals surface area contributed by atoms with Gasteiger partial charge in [-0.25, -0.2) is 0 Å². The predicted octanol–water partition coefficient (Wildman–Crippen LogP) is 2.59. The Kier molecular flexibility index (Phi) is 8.60. The summed E-state index contributed by atoms with van der Waals surface area (Å²) in [6, 6.07) is 6.12. The Balaban J connectivity index is 2.48. The van der Waals surface area contributed by atoms with Gasteiger partial charge in [0.2, 0.25) is 5.91 Å². The first kappa shape index (κ1) is 19.4. The van der Waals surface area contributed by atoms with E-state index in [1.807, 2.05) is 13.8 Å². The molecule has 23 heavy (non-hydrogen) atoms. The van der Waals surface area contributed by atoms with E-state index in [2.05, 4.69) is 5.32 Å². The van der Waals surface area contributed by atoms with Crippen LogP contribution < -0.4 is 5.32 Å². The number of nitro groups is 1. The van der Waals surface area contributed by atoms with Crippen LogP contribution in [-0.4, -0.2) is 42.1 Å². The molecule has 0 saturated heterocycles. The summed E-state index contributed by atoms with van der Waals surface area (Å²) in [6.07, 6.45) is -0.453. The van der Waals surface area contributed by atoms with Crippen LogP contribution >= 0.6 is 11.8 Å². The number of carbonyl (C=O) groups is 1. The molecule has 7 nitrogen and oxygen atoms in total. The molecule has 0 aromatic heterocycles. The number of benzene rings is 1. The lowest BCUT2D eigenvalue weighted by Crippen LogP contribution is -2.38. The monoisotopic (exact) mass is 342 g/mol. The van der Waals surface area contributed by atoms with Gasteiger partial charge in [0.15, 0.2) is 6.29 Å². The van der Waals surface area contributed by atoms with Gasteiger partial charge in [0.05, 0.1) is 16.7 Å². The molecule has 0 radical (unpaired) electrons. The number of thioether (sulfide) groups is 1. The molecule has 1 rings (SSSR count). The van der Waals surface area contributed by atoms with Crippen molar-refractivity contribution in [3.63, 3.8) is 0 Å². The third-order valence-corrected chi connectivity index (χ3v) is 3.99. The van der Waals surface area contributed by atoms with E-state index in [4.69, 9.17) is 9.47 Å². The third kappa shape index (κ3) is 6.98. The first-order valence-electron chi connectivity index (χ1n) is 7.39. The fourth-order valence-electron chi connectivity index (χ4n) is 1.77. The molecular weight excluding hydrogens is 320 g/mol. The van der Waals surface area contributed by atoms with Crippen molar-refractivity contribution in [1.82, 2.24) is 5.32 Å². The second-order valence-corrected chi connectivity index (χ2v) is 6.01. The summed E-state index contributed by atoms with van der Waals surface area (Å²) in [7, 11) is 0. The topological polar surface area (TPSA) is 90.7 Å². The van der Waals surface area contributed by atoms with Crippen LogP contribution in [0.3, 0.4) is 0 Å². The molecule has 0 aliphatic heterocycles. The van der Waals surface area contributed by atoms with Gasteiger partial charge < -0.3 is 14.8 Å². The van der Waals surface area contributed by atoms with Crippen LogP contribution in [0.15, 0.2) is 29.2 Å². The number of rotatable bonds is 10. The van der Waals surface area contributed by atoms with Crippen molar-refractivity contribution in [2.45, 2.75) is 37.2 Å². The van der Waals surface area contributed by atoms with Crippen LogP contribution in [0.2, 0.25) is 0 Å². The first-order valence-corrected chi connectivity index (χ1v) is 8.27. The number of nitrogens with one attached hydrogen (secondary N) is 1. The lowest BCUT2D eigenvalue weighted by Gasteiger charge is -2.19. The van der Waals surface area contributed by atoms with Gasteiger partial charge in [-0.15, -0.1) is 11.8 Å². The van der Waals surface area contributed by atoms with Crippen LogP contribution in [0, 0.1) is 10.1 Å². The lowest BCUT2D eigenvalue weighted by atomic mass is 10.3. The van der Waals surface area contributed by atoms with E-state index < -0.39 is 11.2 Å². The lowest BCUT2D eigenvalue weighted by molar-refractivity contribution is -0.384. The zero-order valence-corrected chi connectivity index (χ0v) is 14.3. The summed E-state index contributed by atoms with van der Waals surface area (Å²) < 4.78 is 10.7. The minimum absolute atomic E-state index is 0.0303. The first-order chi connectivity index (χ1) is 11.0. The molecule has 128 valence electrons. The number of hydrogen-bond acceptors (Lipinski definition) is 6. The molecule has 0 spiro atoms. The Morgan fingerprint density at radius 1 is 1.26 bits per heavy atom. The minimum Gasteiger partial charge on any atom is -0.351 e. The Morgan fingerprint density at radius 2 is 1.83 bits per heavy atom. The summed E-state index contributed by atoms with van der Waals surface area (Å²) in [5.41, 5.74) is 0.0303. The van der Waals surface area contributed by atoms with Gasteiger partial charge in [0, 0.05) is 30.2 Å². The Bertz CT molecular complexity index is 503. The molecular formula is C15H22N2O5S. The Labute approximate surface area is 139 Å². The number of hydrogen-bond donors (Lipinski definition) is 1. The Morgan fingerprint density at radius 3 is 2.30 bits per heavy atom. The molecule has 0 aliphatic carbocycles. The zero-order chi connectivity index (χ0) is 17.2. The van der Waals surface area contributed by atoms with Gasteiger partial charge in [-0.1, -0.05) is 0 Å². The minimum atomic E-state index is -0.453. The maximum atomic E-state index is 12.1. The molecule has 1 aromatic carbocycles. The molecule has 1 amide bonds. The molecule has 0 saturated carbocycles.